The van der Waals surface area contributed by atoms with Gasteiger partial charge in [0.1, 0.15) is 10.7 Å². The van der Waals surface area contributed by atoms with Crippen LogP contribution in [-0.2, 0) is 10.0 Å². The number of sulfonamides is 1. The van der Waals surface area contributed by atoms with Crippen LogP contribution in [0.15, 0.2) is 27.6 Å². The highest BCUT2D eigenvalue weighted by Gasteiger charge is 2.23. The zero-order valence-corrected chi connectivity index (χ0v) is 12.0. The topological polar surface area (TPSA) is 98.2 Å². The van der Waals surface area contributed by atoms with Crippen LogP contribution in [0.1, 0.15) is 5.76 Å². The van der Waals surface area contributed by atoms with Crippen molar-refractivity contribution in [1.29, 1.82) is 0 Å². The summed E-state index contributed by atoms with van der Waals surface area (Å²) in [5.41, 5.74) is 5.58. The van der Waals surface area contributed by atoms with E-state index in [4.69, 9.17) is 33.5 Å². The summed E-state index contributed by atoms with van der Waals surface area (Å²) in [5, 5.41) is 3.71. The number of aryl methyl sites for hydroxylation is 1. The van der Waals surface area contributed by atoms with Gasteiger partial charge in [0.05, 0.1) is 10.7 Å². The molecule has 6 nitrogen and oxygen atoms in total. The number of hydrogen-bond donors (Lipinski definition) is 2. The Balaban J connectivity index is 2.45. The molecule has 1 aromatic heterocycles. The lowest BCUT2D eigenvalue weighted by Crippen LogP contribution is -2.15. The van der Waals surface area contributed by atoms with Crippen molar-refractivity contribution in [2.45, 2.75) is 11.8 Å². The molecule has 0 aliphatic carbocycles. The molecule has 0 fully saturated rings. The largest absolute Gasteiger partial charge is 0.398 e. The van der Waals surface area contributed by atoms with Crippen molar-refractivity contribution in [3.8, 4) is 0 Å². The third-order valence-corrected chi connectivity index (χ3v) is 4.27. The summed E-state index contributed by atoms with van der Waals surface area (Å²) in [7, 11) is -3.97. The van der Waals surface area contributed by atoms with Crippen LogP contribution in [0.2, 0.25) is 10.0 Å². The van der Waals surface area contributed by atoms with Gasteiger partial charge in [-0.2, -0.15) is 0 Å². The van der Waals surface area contributed by atoms with E-state index in [1.54, 1.807) is 6.92 Å². The zero-order chi connectivity index (χ0) is 14.2. The van der Waals surface area contributed by atoms with Crippen LogP contribution in [0.3, 0.4) is 0 Å². The minimum absolute atomic E-state index is 0.0444. The molecule has 2 rings (SSSR count). The molecule has 1 heterocycles. The van der Waals surface area contributed by atoms with Gasteiger partial charge in [-0.05, 0) is 19.1 Å². The van der Waals surface area contributed by atoms with Gasteiger partial charge < -0.3 is 10.3 Å². The van der Waals surface area contributed by atoms with Gasteiger partial charge in [-0.1, -0.05) is 28.4 Å². The molecule has 19 heavy (non-hydrogen) atoms. The Kier molecular flexibility index (Phi) is 3.62. The van der Waals surface area contributed by atoms with Gasteiger partial charge >= 0.3 is 0 Å². The van der Waals surface area contributed by atoms with Crippen LogP contribution in [0.5, 0.6) is 0 Å². The number of nitrogens with one attached hydrogen (secondary N) is 1. The number of anilines is 2. The number of benzene rings is 1. The highest BCUT2D eigenvalue weighted by atomic mass is 35.5. The van der Waals surface area contributed by atoms with Crippen molar-refractivity contribution in [2.75, 3.05) is 10.5 Å². The lowest BCUT2D eigenvalue weighted by atomic mass is 10.3. The molecule has 0 bridgehead atoms. The maximum absolute atomic E-state index is 12.2. The summed E-state index contributed by atoms with van der Waals surface area (Å²) in [6.07, 6.45) is 0. The van der Waals surface area contributed by atoms with E-state index in [1.807, 2.05) is 0 Å². The van der Waals surface area contributed by atoms with Gasteiger partial charge in [0.25, 0.3) is 10.0 Å². The molecule has 3 N–H and O–H groups in total. The van der Waals surface area contributed by atoms with Crippen LogP contribution in [0.25, 0.3) is 0 Å². The molecule has 0 aliphatic rings. The third kappa shape index (κ3) is 2.94. The first kappa shape index (κ1) is 14.0. The summed E-state index contributed by atoms with van der Waals surface area (Å²) >= 11 is 11.6. The summed E-state index contributed by atoms with van der Waals surface area (Å²) in [4.78, 5) is -0.251. The highest BCUT2D eigenvalue weighted by Crippen LogP contribution is 2.32. The molecule has 2 aromatic rings. The van der Waals surface area contributed by atoms with Crippen molar-refractivity contribution < 1.29 is 12.9 Å². The van der Waals surface area contributed by atoms with Crippen LogP contribution >= 0.6 is 23.2 Å². The lowest BCUT2D eigenvalue weighted by Gasteiger charge is -2.10. The Labute approximate surface area is 119 Å². The second kappa shape index (κ2) is 4.92. The molecule has 1 aromatic carbocycles. The molecule has 9 heteroatoms. The Morgan fingerprint density at radius 3 is 2.53 bits per heavy atom. The molecule has 0 atom stereocenters. The summed E-state index contributed by atoms with van der Waals surface area (Å²) < 4.78 is 31.3. The third-order valence-electron chi connectivity index (χ3n) is 2.17. The Morgan fingerprint density at radius 1 is 1.32 bits per heavy atom. The number of nitrogens with zero attached hydrogens (tertiary/aromatic N) is 1. The molecule has 0 amide bonds. The van der Waals surface area contributed by atoms with Crippen molar-refractivity contribution >= 4 is 44.7 Å². The van der Waals surface area contributed by atoms with Gasteiger partial charge in [0.2, 0.25) is 0 Å². The molecular formula is C10H9Cl2N3O3S. The summed E-state index contributed by atoms with van der Waals surface area (Å²) in [6, 6.07) is 4.02. The minimum Gasteiger partial charge on any atom is -0.398 e. The van der Waals surface area contributed by atoms with Crippen LogP contribution in [0.4, 0.5) is 11.5 Å². The second-order valence-corrected chi connectivity index (χ2v) is 6.20. The fourth-order valence-electron chi connectivity index (χ4n) is 1.47. The summed E-state index contributed by atoms with van der Waals surface area (Å²) in [5.74, 6) is 0.510. The van der Waals surface area contributed by atoms with E-state index < -0.39 is 10.0 Å². The van der Waals surface area contributed by atoms with E-state index in [0.29, 0.717) is 5.76 Å². The monoisotopic (exact) mass is 321 g/mol. The summed E-state index contributed by atoms with van der Waals surface area (Å²) in [6.45, 7) is 1.63. The Hall–Kier alpha value is -1.44. The van der Waals surface area contributed by atoms with Crippen molar-refractivity contribution in [1.82, 2.24) is 5.16 Å². The average molecular weight is 322 g/mol. The molecule has 0 saturated heterocycles. The fraction of sp³-hybridized carbons (Fsp3) is 0.100. The minimum atomic E-state index is -3.97. The predicted molar refractivity (Wildman–Crippen MR) is 72.9 cm³/mol. The molecule has 0 spiro atoms. The number of nitrogen functional groups attached to an aromatic ring is 1. The van der Waals surface area contributed by atoms with Gasteiger partial charge in [-0.15, -0.1) is 0 Å². The van der Waals surface area contributed by atoms with Crippen LogP contribution < -0.4 is 10.5 Å². The van der Waals surface area contributed by atoms with Crippen molar-refractivity contribution in [3.63, 3.8) is 0 Å². The smallest absolute Gasteiger partial charge is 0.266 e. The van der Waals surface area contributed by atoms with E-state index in [1.165, 1.54) is 18.2 Å². The molecular weight excluding hydrogens is 313 g/mol. The zero-order valence-electron chi connectivity index (χ0n) is 9.65. The first-order chi connectivity index (χ1) is 8.79. The molecule has 0 saturated carbocycles. The normalized spacial score (nSPS) is 11.5. The van der Waals surface area contributed by atoms with E-state index in [2.05, 4.69) is 9.88 Å². The van der Waals surface area contributed by atoms with Gasteiger partial charge in [0.15, 0.2) is 5.82 Å². The second-order valence-electron chi connectivity index (χ2n) is 3.73. The van der Waals surface area contributed by atoms with Crippen LogP contribution in [-0.4, -0.2) is 13.6 Å². The van der Waals surface area contributed by atoms with E-state index >= 15 is 0 Å². The molecule has 0 unspecified atom stereocenters. The quantitative estimate of drug-likeness (QED) is 0.847. The predicted octanol–water partition coefficient (Wildman–Crippen LogP) is 2.67. The van der Waals surface area contributed by atoms with Crippen molar-refractivity contribution in [3.05, 3.63) is 34.0 Å². The van der Waals surface area contributed by atoms with Crippen LogP contribution in [0, 0.1) is 6.92 Å². The fourth-order valence-corrected chi connectivity index (χ4v) is 3.44. The number of rotatable bonds is 3. The number of hydrogen-bond acceptors (Lipinski definition) is 5. The Morgan fingerprint density at radius 2 is 2.00 bits per heavy atom. The number of halogens is 2. The lowest BCUT2D eigenvalue weighted by molar-refractivity contribution is 0.400. The first-order valence-electron chi connectivity index (χ1n) is 5.00. The number of aromatic nitrogens is 1. The SMILES string of the molecule is Cc1cc(NS(=O)(=O)c2c(N)cc(Cl)cc2Cl)no1. The average Bonchev–Trinajstić information content (AvgIpc) is 2.60. The molecule has 0 aliphatic heterocycles. The van der Waals surface area contributed by atoms with E-state index in [-0.39, 0.29) is 26.4 Å². The molecule has 102 valence electrons. The number of nitrogens with two attached hydrogens (primary N) is 1. The standard InChI is InChI=1S/C10H9Cl2N3O3S/c1-5-2-9(14-18-5)15-19(16,17)10-7(12)3-6(11)4-8(10)13/h2-4H,13H2,1H3,(H,14,15). The van der Waals surface area contributed by atoms with E-state index in [0.717, 1.165) is 0 Å². The highest BCUT2D eigenvalue weighted by molar-refractivity contribution is 7.93. The van der Waals surface area contributed by atoms with E-state index in [9.17, 15) is 8.42 Å². The van der Waals surface area contributed by atoms with Gasteiger partial charge in [-0.25, -0.2) is 8.42 Å². The van der Waals surface area contributed by atoms with Gasteiger partial charge in [-0.3, -0.25) is 4.72 Å². The Bertz CT molecular complexity index is 704. The maximum atomic E-state index is 12.2. The first-order valence-corrected chi connectivity index (χ1v) is 7.24. The maximum Gasteiger partial charge on any atom is 0.266 e. The van der Waals surface area contributed by atoms with Gasteiger partial charge in [0, 0.05) is 11.1 Å². The molecule has 0 radical (unpaired) electrons. The van der Waals surface area contributed by atoms with Crippen molar-refractivity contribution in [2.24, 2.45) is 0 Å².